The number of sulfonamides is 1. The zero-order chi connectivity index (χ0) is 19.9. The molecule has 0 atom stereocenters. The lowest BCUT2D eigenvalue weighted by Crippen LogP contribution is -2.41. The van der Waals surface area contributed by atoms with E-state index in [0.29, 0.717) is 17.5 Å². The number of ether oxygens (including phenoxy) is 1. The van der Waals surface area contributed by atoms with Gasteiger partial charge in [0, 0.05) is 18.8 Å². The van der Waals surface area contributed by atoms with Gasteiger partial charge < -0.3 is 10.1 Å². The number of hydrogen-bond acceptors (Lipinski definition) is 7. The molecule has 1 aromatic carbocycles. The molecular formula is C16H23N5O4S2. The van der Waals surface area contributed by atoms with Crippen molar-refractivity contribution in [1.82, 2.24) is 24.8 Å². The summed E-state index contributed by atoms with van der Waals surface area (Å²) in [5.74, 6) is 0.471. The number of carbonyl (C=O) groups excluding carboxylic acids is 1. The van der Waals surface area contributed by atoms with Crippen molar-refractivity contribution in [3.05, 3.63) is 30.1 Å². The molecule has 1 aromatic heterocycles. The van der Waals surface area contributed by atoms with Gasteiger partial charge in [-0.15, -0.1) is 0 Å². The highest BCUT2D eigenvalue weighted by molar-refractivity contribution is 7.99. The molecule has 0 aliphatic heterocycles. The molecule has 1 heterocycles. The molecule has 0 spiro atoms. The fourth-order valence-corrected chi connectivity index (χ4v) is 4.59. The molecule has 2 rings (SSSR count). The lowest BCUT2D eigenvalue weighted by molar-refractivity contribution is -0.121. The van der Waals surface area contributed by atoms with Gasteiger partial charge in [-0.25, -0.2) is 13.4 Å². The largest absolute Gasteiger partial charge is 0.495 e. The minimum Gasteiger partial charge on any atom is -0.495 e. The van der Waals surface area contributed by atoms with Crippen molar-refractivity contribution >= 4 is 27.7 Å². The van der Waals surface area contributed by atoms with Gasteiger partial charge in [0.15, 0.2) is 5.16 Å². The number of H-pyrrole nitrogens is 1. The number of likely N-dealkylation sites (N-methyl/N-ethyl adjacent to an activating group) is 1. The van der Waals surface area contributed by atoms with Crippen LogP contribution in [0.3, 0.4) is 0 Å². The maximum Gasteiger partial charge on any atom is 0.247 e. The van der Waals surface area contributed by atoms with E-state index in [0.717, 1.165) is 9.87 Å². The third-order valence-electron chi connectivity index (χ3n) is 3.67. The smallest absolute Gasteiger partial charge is 0.247 e. The summed E-state index contributed by atoms with van der Waals surface area (Å²) in [5, 5.41) is 9.82. The highest BCUT2D eigenvalue weighted by Crippen LogP contribution is 2.27. The molecule has 0 radical (unpaired) electrons. The van der Waals surface area contributed by atoms with Crippen LogP contribution in [0.2, 0.25) is 0 Å². The van der Waals surface area contributed by atoms with Gasteiger partial charge in [0.2, 0.25) is 15.9 Å². The Morgan fingerprint density at radius 2 is 2.19 bits per heavy atom. The summed E-state index contributed by atoms with van der Waals surface area (Å²) in [6.45, 7) is 3.78. The van der Waals surface area contributed by atoms with Gasteiger partial charge in [-0.3, -0.25) is 9.89 Å². The first-order chi connectivity index (χ1) is 12.9. The van der Waals surface area contributed by atoms with Gasteiger partial charge in [-0.2, -0.15) is 9.40 Å². The van der Waals surface area contributed by atoms with E-state index in [1.165, 1.54) is 25.2 Å². The van der Waals surface area contributed by atoms with Crippen molar-refractivity contribution in [1.29, 1.82) is 0 Å². The number of nitrogens with one attached hydrogen (secondary N) is 2. The van der Waals surface area contributed by atoms with Crippen LogP contribution in [0.15, 0.2) is 34.6 Å². The van der Waals surface area contributed by atoms with E-state index in [-0.39, 0.29) is 29.6 Å². The highest BCUT2D eigenvalue weighted by atomic mass is 32.2. The predicted molar refractivity (Wildman–Crippen MR) is 102 cm³/mol. The predicted octanol–water partition coefficient (Wildman–Crippen LogP) is 1.04. The van der Waals surface area contributed by atoms with Crippen molar-refractivity contribution in [2.24, 2.45) is 0 Å². The molecule has 0 bridgehead atoms. The zero-order valence-electron chi connectivity index (χ0n) is 15.4. The van der Waals surface area contributed by atoms with Gasteiger partial charge >= 0.3 is 0 Å². The maximum absolute atomic E-state index is 13.0. The summed E-state index contributed by atoms with van der Waals surface area (Å²) >= 11 is 1.41. The number of benzene rings is 1. The molecule has 0 saturated carbocycles. The average Bonchev–Trinajstić information content (AvgIpc) is 3.16. The Morgan fingerprint density at radius 1 is 1.41 bits per heavy atom. The first kappa shape index (κ1) is 21.2. The van der Waals surface area contributed by atoms with E-state index in [1.54, 1.807) is 32.0 Å². The van der Waals surface area contributed by atoms with Crippen LogP contribution in [-0.4, -0.2) is 66.3 Å². The molecule has 0 aliphatic carbocycles. The van der Waals surface area contributed by atoms with E-state index >= 15 is 0 Å². The molecule has 0 saturated heterocycles. The minimum atomic E-state index is -3.86. The monoisotopic (exact) mass is 413 g/mol. The van der Waals surface area contributed by atoms with Gasteiger partial charge in [-0.1, -0.05) is 24.8 Å². The first-order valence-corrected chi connectivity index (χ1v) is 10.7. The van der Waals surface area contributed by atoms with Crippen molar-refractivity contribution in [3.63, 3.8) is 0 Å². The van der Waals surface area contributed by atoms with Crippen LogP contribution < -0.4 is 10.1 Å². The Hall–Kier alpha value is -2.11. The second-order valence-electron chi connectivity index (χ2n) is 5.57. The van der Waals surface area contributed by atoms with E-state index < -0.39 is 10.0 Å². The van der Waals surface area contributed by atoms with Crippen LogP contribution in [-0.2, 0) is 14.8 Å². The Morgan fingerprint density at radius 3 is 2.81 bits per heavy atom. The minimum absolute atomic E-state index is 0.0560. The second kappa shape index (κ2) is 9.72. The molecule has 1 amide bonds. The number of aromatic amines is 1. The van der Waals surface area contributed by atoms with Crippen molar-refractivity contribution in [2.45, 2.75) is 23.9 Å². The van der Waals surface area contributed by atoms with E-state index in [4.69, 9.17) is 4.74 Å². The Bertz CT molecular complexity index is 856. The Kier molecular flexibility index (Phi) is 7.63. The number of rotatable bonds is 10. The Labute approximate surface area is 162 Å². The molecule has 2 N–H and O–H groups in total. The molecule has 2 aromatic rings. The van der Waals surface area contributed by atoms with Crippen LogP contribution in [0.1, 0.15) is 12.5 Å². The fourth-order valence-electron chi connectivity index (χ4n) is 2.31. The molecule has 9 nitrogen and oxygen atoms in total. The third kappa shape index (κ3) is 5.68. The summed E-state index contributed by atoms with van der Waals surface area (Å²) in [6, 6.07) is 4.92. The van der Waals surface area contributed by atoms with Gasteiger partial charge in [-0.05, 0) is 24.6 Å². The van der Waals surface area contributed by atoms with Crippen molar-refractivity contribution < 1.29 is 17.9 Å². The average molecular weight is 414 g/mol. The lowest BCUT2D eigenvalue weighted by Gasteiger charge is -2.21. The summed E-state index contributed by atoms with van der Waals surface area (Å²) in [4.78, 5) is 16.2. The quantitative estimate of drug-likeness (QED) is 0.441. The number of hydrogen-bond donors (Lipinski definition) is 2. The SMILES string of the molecule is CCN(CC(=O)NCCSc1ncn[nH]1)S(=O)(=O)c1cc(C)ccc1OC. The molecule has 27 heavy (non-hydrogen) atoms. The summed E-state index contributed by atoms with van der Waals surface area (Å²) in [5.41, 5.74) is 0.791. The van der Waals surface area contributed by atoms with Crippen LogP contribution in [0.5, 0.6) is 5.75 Å². The van der Waals surface area contributed by atoms with Gasteiger partial charge in [0.1, 0.15) is 17.0 Å². The van der Waals surface area contributed by atoms with Crippen LogP contribution in [0.25, 0.3) is 0 Å². The number of nitrogens with zero attached hydrogens (tertiary/aromatic N) is 3. The van der Waals surface area contributed by atoms with Crippen molar-refractivity contribution in [2.75, 3.05) is 32.5 Å². The van der Waals surface area contributed by atoms with Crippen LogP contribution in [0, 0.1) is 6.92 Å². The van der Waals surface area contributed by atoms with Gasteiger partial charge in [0.25, 0.3) is 0 Å². The molecule has 0 aliphatic rings. The fraction of sp³-hybridized carbons (Fsp3) is 0.438. The first-order valence-electron chi connectivity index (χ1n) is 8.28. The number of amides is 1. The topological polar surface area (TPSA) is 117 Å². The number of aryl methyl sites for hydroxylation is 1. The summed E-state index contributed by atoms with van der Waals surface area (Å²) < 4.78 is 32.2. The van der Waals surface area contributed by atoms with Crippen molar-refractivity contribution in [3.8, 4) is 5.75 Å². The number of methoxy groups -OCH3 is 1. The van der Waals surface area contributed by atoms with Crippen LogP contribution >= 0.6 is 11.8 Å². The summed E-state index contributed by atoms with van der Waals surface area (Å²) in [7, 11) is -2.44. The van der Waals surface area contributed by atoms with E-state index in [1.807, 2.05) is 0 Å². The molecule has 0 unspecified atom stereocenters. The van der Waals surface area contributed by atoms with E-state index in [2.05, 4.69) is 20.5 Å². The van der Waals surface area contributed by atoms with Crippen LogP contribution in [0.4, 0.5) is 0 Å². The van der Waals surface area contributed by atoms with E-state index in [9.17, 15) is 13.2 Å². The van der Waals surface area contributed by atoms with Gasteiger partial charge in [0.05, 0.1) is 13.7 Å². The second-order valence-corrected chi connectivity index (χ2v) is 8.56. The Balaban J connectivity index is 1.98. The highest BCUT2D eigenvalue weighted by Gasteiger charge is 2.28. The number of aromatic nitrogens is 3. The molecular weight excluding hydrogens is 390 g/mol. The standard InChI is InChI=1S/C16H23N5O4S2/c1-4-21(10-15(22)17-7-8-26-16-18-11-19-20-16)27(23,24)14-9-12(2)5-6-13(14)25-3/h5-6,9,11H,4,7-8,10H2,1-3H3,(H,17,22)(H,18,19,20). The number of thioether (sulfide) groups is 1. The third-order valence-corrected chi connectivity index (χ3v) is 6.49. The molecule has 148 valence electrons. The lowest BCUT2D eigenvalue weighted by atomic mass is 10.2. The molecule has 0 fully saturated rings. The maximum atomic E-state index is 13.0. The normalized spacial score (nSPS) is 11.6. The molecule has 11 heteroatoms. The zero-order valence-corrected chi connectivity index (χ0v) is 17.1. The number of carbonyl (C=O) groups is 1. The summed E-state index contributed by atoms with van der Waals surface area (Å²) in [6.07, 6.45) is 1.41.